The Morgan fingerprint density at radius 1 is 1.47 bits per heavy atom. The summed E-state index contributed by atoms with van der Waals surface area (Å²) < 4.78 is 5.44. The van der Waals surface area contributed by atoms with Crippen molar-refractivity contribution in [3.63, 3.8) is 0 Å². The van der Waals surface area contributed by atoms with Crippen LogP contribution >= 0.6 is 11.8 Å². The van der Waals surface area contributed by atoms with E-state index in [2.05, 4.69) is 4.98 Å². The zero-order valence-electron chi connectivity index (χ0n) is 10.5. The van der Waals surface area contributed by atoms with Gasteiger partial charge in [-0.05, 0) is 25.5 Å². The molecule has 0 fully saturated rings. The summed E-state index contributed by atoms with van der Waals surface area (Å²) in [6.07, 6.45) is 0. The Balaban J connectivity index is 2.08. The molecule has 1 aromatic heterocycles. The van der Waals surface area contributed by atoms with E-state index in [1.807, 2.05) is 13.8 Å². The molecule has 0 aliphatic rings. The summed E-state index contributed by atoms with van der Waals surface area (Å²) >= 11 is 1.43. The van der Waals surface area contributed by atoms with Crippen LogP contribution in [-0.2, 0) is 5.75 Å². The molecule has 0 saturated heterocycles. The van der Waals surface area contributed by atoms with E-state index in [0.29, 0.717) is 11.0 Å². The molecule has 19 heavy (non-hydrogen) atoms. The number of benzene rings is 1. The second-order valence-electron chi connectivity index (χ2n) is 4.06. The molecule has 100 valence electrons. The van der Waals surface area contributed by atoms with Gasteiger partial charge in [-0.1, -0.05) is 17.8 Å². The summed E-state index contributed by atoms with van der Waals surface area (Å²) in [5, 5.41) is 11.2. The Bertz CT molecular complexity index is 605. The second-order valence-corrected chi connectivity index (χ2v) is 4.99. The van der Waals surface area contributed by atoms with Crippen LogP contribution in [0.3, 0.4) is 0 Å². The molecule has 2 N–H and O–H groups in total. The minimum Gasteiger partial charge on any atom is -0.437 e. The molecule has 0 spiro atoms. The van der Waals surface area contributed by atoms with E-state index < -0.39 is 4.92 Å². The molecule has 0 atom stereocenters. The Hall–Kier alpha value is -2.02. The van der Waals surface area contributed by atoms with Crippen molar-refractivity contribution in [2.75, 3.05) is 5.73 Å². The quantitative estimate of drug-likeness (QED) is 0.400. The highest BCUT2D eigenvalue weighted by Gasteiger charge is 2.12. The molecule has 1 heterocycles. The first kappa shape index (κ1) is 13.4. The standard InChI is InChI=1S/C12H13N3O3S/c1-7-8(2)18-12(14-7)19-6-9-3-4-11(15(16)17)10(13)5-9/h3-5H,6,13H2,1-2H3. The lowest BCUT2D eigenvalue weighted by Gasteiger charge is -2.01. The number of nitro benzene ring substituents is 1. The van der Waals surface area contributed by atoms with Crippen molar-refractivity contribution in [1.29, 1.82) is 0 Å². The van der Waals surface area contributed by atoms with E-state index >= 15 is 0 Å². The highest BCUT2D eigenvalue weighted by molar-refractivity contribution is 7.98. The molecule has 0 bridgehead atoms. The first-order chi connectivity index (χ1) is 8.97. The van der Waals surface area contributed by atoms with Gasteiger partial charge in [-0.2, -0.15) is 0 Å². The third-order valence-electron chi connectivity index (χ3n) is 2.66. The number of nitrogens with zero attached hydrogens (tertiary/aromatic N) is 2. The Morgan fingerprint density at radius 3 is 2.74 bits per heavy atom. The average Bonchev–Trinajstić information content (AvgIpc) is 2.66. The van der Waals surface area contributed by atoms with E-state index in [1.54, 1.807) is 12.1 Å². The molecule has 7 heteroatoms. The minimum absolute atomic E-state index is 0.0726. The summed E-state index contributed by atoms with van der Waals surface area (Å²) in [4.78, 5) is 14.4. The normalized spacial score (nSPS) is 10.6. The molecular weight excluding hydrogens is 266 g/mol. The van der Waals surface area contributed by atoms with Gasteiger partial charge in [-0.3, -0.25) is 10.1 Å². The van der Waals surface area contributed by atoms with Gasteiger partial charge in [0.05, 0.1) is 10.6 Å². The van der Waals surface area contributed by atoms with E-state index in [1.165, 1.54) is 17.8 Å². The first-order valence-corrected chi connectivity index (χ1v) is 6.55. The molecular formula is C12H13N3O3S. The number of aryl methyl sites for hydroxylation is 2. The topological polar surface area (TPSA) is 95.2 Å². The molecule has 0 saturated carbocycles. The van der Waals surface area contributed by atoms with E-state index in [0.717, 1.165) is 17.0 Å². The van der Waals surface area contributed by atoms with Crippen molar-refractivity contribution < 1.29 is 9.34 Å². The maximum absolute atomic E-state index is 10.6. The van der Waals surface area contributed by atoms with Crippen LogP contribution in [0.25, 0.3) is 0 Å². The number of nitrogens with two attached hydrogens (primary N) is 1. The SMILES string of the molecule is Cc1nc(SCc2ccc([N+](=O)[O-])c(N)c2)oc1C. The number of rotatable bonds is 4. The Kier molecular flexibility index (Phi) is 3.75. The highest BCUT2D eigenvalue weighted by atomic mass is 32.2. The summed E-state index contributed by atoms with van der Waals surface area (Å²) in [7, 11) is 0. The molecule has 1 aromatic carbocycles. The largest absolute Gasteiger partial charge is 0.437 e. The predicted octanol–water partition coefficient (Wildman–Crippen LogP) is 3.07. The van der Waals surface area contributed by atoms with Crippen molar-refractivity contribution in [2.45, 2.75) is 24.8 Å². The number of thioether (sulfide) groups is 1. The summed E-state index contributed by atoms with van der Waals surface area (Å²) in [6.45, 7) is 3.74. The summed E-state index contributed by atoms with van der Waals surface area (Å²) in [5.74, 6) is 1.40. The number of oxazole rings is 1. The number of hydrogen-bond donors (Lipinski definition) is 1. The Labute approximate surface area is 114 Å². The maximum Gasteiger partial charge on any atom is 0.292 e. The van der Waals surface area contributed by atoms with E-state index in [-0.39, 0.29) is 11.4 Å². The number of hydrogen-bond acceptors (Lipinski definition) is 6. The summed E-state index contributed by atoms with van der Waals surface area (Å²) in [5.41, 5.74) is 7.48. The zero-order chi connectivity index (χ0) is 14.0. The van der Waals surface area contributed by atoms with Crippen molar-refractivity contribution in [2.24, 2.45) is 0 Å². The number of nitro groups is 1. The van der Waals surface area contributed by atoms with Gasteiger partial charge in [0.2, 0.25) is 0 Å². The van der Waals surface area contributed by atoms with Crippen LogP contribution in [0.2, 0.25) is 0 Å². The van der Waals surface area contributed by atoms with Crippen LogP contribution in [0.4, 0.5) is 11.4 Å². The molecule has 0 unspecified atom stereocenters. The van der Waals surface area contributed by atoms with E-state index in [9.17, 15) is 10.1 Å². The zero-order valence-corrected chi connectivity index (χ0v) is 11.4. The second kappa shape index (κ2) is 5.31. The summed E-state index contributed by atoms with van der Waals surface area (Å²) in [6, 6.07) is 4.70. The van der Waals surface area contributed by atoms with Gasteiger partial charge in [0.25, 0.3) is 10.9 Å². The van der Waals surface area contributed by atoms with Gasteiger partial charge in [-0.15, -0.1) is 0 Å². The number of aromatic nitrogens is 1. The van der Waals surface area contributed by atoms with Gasteiger partial charge in [0.15, 0.2) is 0 Å². The van der Waals surface area contributed by atoms with Gasteiger partial charge >= 0.3 is 0 Å². The monoisotopic (exact) mass is 279 g/mol. The first-order valence-electron chi connectivity index (χ1n) is 5.57. The van der Waals surface area contributed by atoms with Crippen LogP contribution in [-0.4, -0.2) is 9.91 Å². The molecule has 0 amide bonds. The van der Waals surface area contributed by atoms with Crippen molar-refractivity contribution >= 4 is 23.1 Å². The fourth-order valence-corrected chi connectivity index (χ4v) is 2.37. The lowest BCUT2D eigenvalue weighted by Crippen LogP contribution is -1.96. The number of nitrogen functional groups attached to an aromatic ring is 1. The molecule has 0 aliphatic heterocycles. The highest BCUT2D eigenvalue weighted by Crippen LogP contribution is 2.27. The molecule has 0 radical (unpaired) electrons. The van der Waals surface area contributed by atoms with Gasteiger partial charge < -0.3 is 10.2 Å². The van der Waals surface area contributed by atoms with E-state index in [4.69, 9.17) is 10.2 Å². The lowest BCUT2D eigenvalue weighted by molar-refractivity contribution is -0.383. The lowest BCUT2D eigenvalue weighted by atomic mass is 10.2. The fourth-order valence-electron chi connectivity index (χ4n) is 1.51. The molecule has 2 rings (SSSR count). The predicted molar refractivity (Wildman–Crippen MR) is 73.0 cm³/mol. The van der Waals surface area contributed by atoms with Crippen LogP contribution in [0.5, 0.6) is 0 Å². The molecule has 0 aliphatic carbocycles. The fraction of sp³-hybridized carbons (Fsp3) is 0.250. The number of anilines is 1. The van der Waals surface area contributed by atoms with Crippen molar-refractivity contribution in [3.8, 4) is 0 Å². The Morgan fingerprint density at radius 2 is 2.21 bits per heavy atom. The third kappa shape index (κ3) is 3.05. The van der Waals surface area contributed by atoms with Crippen molar-refractivity contribution in [3.05, 3.63) is 45.3 Å². The van der Waals surface area contributed by atoms with Crippen LogP contribution in [0.15, 0.2) is 27.8 Å². The van der Waals surface area contributed by atoms with Crippen LogP contribution in [0, 0.1) is 24.0 Å². The molecule has 6 nitrogen and oxygen atoms in total. The molecule has 2 aromatic rings. The third-order valence-corrected chi connectivity index (χ3v) is 3.56. The minimum atomic E-state index is -0.493. The maximum atomic E-state index is 10.6. The van der Waals surface area contributed by atoms with Crippen molar-refractivity contribution in [1.82, 2.24) is 4.98 Å². The van der Waals surface area contributed by atoms with Gasteiger partial charge in [0, 0.05) is 11.8 Å². The van der Waals surface area contributed by atoms with Crippen LogP contribution in [0.1, 0.15) is 17.0 Å². The van der Waals surface area contributed by atoms with Gasteiger partial charge in [-0.25, -0.2) is 4.98 Å². The van der Waals surface area contributed by atoms with Crippen LogP contribution < -0.4 is 5.73 Å². The smallest absolute Gasteiger partial charge is 0.292 e. The van der Waals surface area contributed by atoms with Gasteiger partial charge in [0.1, 0.15) is 11.4 Å². The average molecular weight is 279 g/mol.